The van der Waals surface area contributed by atoms with Gasteiger partial charge in [-0.3, -0.25) is 13.9 Å². The molecule has 1 unspecified atom stereocenters. The maximum Gasteiger partial charge on any atom is 0.242 e. The zero-order valence-electron chi connectivity index (χ0n) is 22.0. The number of nitrogens with zero attached hydrogens (tertiary/aromatic N) is 2. The molecule has 10 heteroatoms. The number of carbonyl (C=O) groups is 2. The van der Waals surface area contributed by atoms with Gasteiger partial charge in [-0.25, -0.2) is 8.42 Å². The van der Waals surface area contributed by atoms with Crippen molar-refractivity contribution >= 4 is 50.7 Å². The van der Waals surface area contributed by atoms with Crippen LogP contribution in [0.5, 0.6) is 0 Å². The van der Waals surface area contributed by atoms with Crippen molar-refractivity contribution < 1.29 is 18.0 Å². The van der Waals surface area contributed by atoms with E-state index in [4.69, 9.17) is 23.2 Å². The van der Waals surface area contributed by atoms with Crippen LogP contribution in [0.25, 0.3) is 0 Å². The monoisotopic (exact) mass is 569 g/mol. The lowest BCUT2D eigenvalue weighted by atomic mass is 10.1. The molecule has 204 valence electrons. The molecule has 37 heavy (non-hydrogen) atoms. The van der Waals surface area contributed by atoms with Crippen LogP contribution in [0.3, 0.4) is 0 Å². The van der Waals surface area contributed by atoms with Crippen LogP contribution in [0.15, 0.2) is 42.5 Å². The fourth-order valence-electron chi connectivity index (χ4n) is 4.06. The highest BCUT2D eigenvalue weighted by atomic mass is 35.5. The lowest BCUT2D eigenvalue weighted by Crippen LogP contribution is -2.49. The summed E-state index contributed by atoms with van der Waals surface area (Å²) in [5.74, 6) is -0.408. The summed E-state index contributed by atoms with van der Waals surface area (Å²) >= 11 is 12.2. The number of hydrogen-bond donors (Lipinski definition) is 1. The largest absolute Gasteiger partial charge is 0.354 e. The molecule has 0 spiro atoms. The maximum absolute atomic E-state index is 13.5. The van der Waals surface area contributed by atoms with Crippen molar-refractivity contribution in [1.29, 1.82) is 0 Å². The van der Waals surface area contributed by atoms with Crippen LogP contribution in [0.1, 0.15) is 57.1 Å². The fraction of sp³-hybridized carbons (Fsp3) is 0.481. The highest BCUT2D eigenvalue weighted by Crippen LogP contribution is 2.28. The van der Waals surface area contributed by atoms with Crippen LogP contribution in [-0.4, -0.2) is 50.5 Å². The maximum atomic E-state index is 13.5. The highest BCUT2D eigenvalue weighted by Gasteiger charge is 2.29. The molecule has 1 N–H and O–H groups in total. The van der Waals surface area contributed by atoms with Crippen molar-refractivity contribution in [1.82, 2.24) is 10.2 Å². The Balaban J connectivity index is 2.22. The average molecular weight is 571 g/mol. The van der Waals surface area contributed by atoms with E-state index >= 15 is 0 Å². The Morgan fingerprint density at radius 3 is 2.30 bits per heavy atom. The highest BCUT2D eigenvalue weighted by molar-refractivity contribution is 7.92. The molecule has 2 aromatic carbocycles. The number of unbranched alkanes of at least 4 members (excludes halogenated alkanes) is 1. The molecule has 7 nitrogen and oxygen atoms in total. The molecular weight excluding hydrogens is 533 g/mol. The molecule has 0 bridgehead atoms. The van der Waals surface area contributed by atoms with Gasteiger partial charge in [0.15, 0.2) is 0 Å². The molecule has 0 aliphatic rings. The first-order valence-electron chi connectivity index (χ1n) is 12.5. The van der Waals surface area contributed by atoms with E-state index in [-0.39, 0.29) is 37.7 Å². The summed E-state index contributed by atoms with van der Waals surface area (Å²) in [4.78, 5) is 28.0. The van der Waals surface area contributed by atoms with Gasteiger partial charge in [-0.15, -0.1) is 0 Å². The Bertz CT molecular complexity index is 1160. The van der Waals surface area contributed by atoms with Crippen molar-refractivity contribution in [3.05, 3.63) is 63.6 Å². The average Bonchev–Trinajstić information content (AvgIpc) is 2.84. The Morgan fingerprint density at radius 1 is 1.03 bits per heavy atom. The minimum atomic E-state index is -3.60. The van der Waals surface area contributed by atoms with Gasteiger partial charge < -0.3 is 10.2 Å². The van der Waals surface area contributed by atoms with Gasteiger partial charge in [-0.1, -0.05) is 61.7 Å². The van der Waals surface area contributed by atoms with Crippen molar-refractivity contribution in [3.63, 3.8) is 0 Å². The van der Waals surface area contributed by atoms with E-state index in [2.05, 4.69) is 5.32 Å². The molecule has 0 fully saturated rings. The van der Waals surface area contributed by atoms with E-state index in [0.717, 1.165) is 24.7 Å². The Morgan fingerprint density at radius 2 is 1.70 bits per heavy atom. The quantitative estimate of drug-likeness (QED) is 0.301. The van der Waals surface area contributed by atoms with Gasteiger partial charge in [0.25, 0.3) is 0 Å². The van der Waals surface area contributed by atoms with Crippen LogP contribution in [0.2, 0.25) is 10.0 Å². The van der Waals surface area contributed by atoms with Gasteiger partial charge in [-0.05, 0) is 61.6 Å². The molecule has 0 saturated heterocycles. The molecule has 0 radical (unpaired) electrons. The number of anilines is 1. The van der Waals surface area contributed by atoms with Gasteiger partial charge in [0, 0.05) is 36.1 Å². The second kappa shape index (κ2) is 14.6. The van der Waals surface area contributed by atoms with E-state index in [1.54, 1.807) is 42.2 Å². The SMILES string of the molecule is CCCCNC(=O)C(CC)N(Cc1ccc(Cl)cc1)C(=O)CCCN(c1cccc(Cl)c1C)S(C)(=O)=O. The Labute approximate surface area is 231 Å². The number of carbonyl (C=O) groups excluding carboxylic acids is 2. The first-order valence-corrected chi connectivity index (χ1v) is 15.1. The van der Waals surface area contributed by atoms with Crippen LogP contribution < -0.4 is 9.62 Å². The number of amides is 2. The van der Waals surface area contributed by atoms with E-state index in [9.17, 15) is 18.0 Å². The zero-order chi connectivity index (χ0) is 27.6. The zero-order valence-corrected chi connectivity index (χ0v) is 24.3. The summed E-state index contributed by atoms with van der Waals surface area (Å²) < 4.78 is 26.4. The molecule has 0 aliphatic carbocycles. The third-order valence-electron chi connectivity index (χ3n) is 6.14. The van der Waals surface area contributed by atoms with Gasteiger partial charge in [-0.2, -0.15) is 0 Å². The summed E-state index contributed by atoms with van der Waals surface area (Å²) in [6.45, 7) is 6.60. The molecule has 2 rings (SSSR count). The predicted octanol–water partition coefficient (Wildman–Crippen LogP) is 5.57. The van der Waals surface area contributed by atoms with Crippen molar-refractivity contribution in [2.45, 2.75) is 65.5 Å². The summed E-state index contributed by atoms with van der Waals surface area (Å²) in [6.07, 6.45) is 3.76. The number of rotatable bonds is 14. The molecular formula is C27H37Cl2N3O4S. The minimum Gasteiger partial charge on any atom is -0.354 e. The van der Waals surface area contributed by atoms with Crippen LogP contribution in [0, 0.1) is 6.92 Å². The second-order valence-corrected chi connectivity index (χ2v) is 11.8. The first kappa shape index (κ1) is 30.9. The number of nitrogens with one attached hydrogen (secondary N) is 1. The molecule has 0 aromatic heterocycles. The summed E-state index contributed by atoms with van der Waals surface area (Å²) in [5, 5.41) is 3.99. The van der Waals surface area contributed by atoms with Crippen LogP contribution in [0.4, 0.5) is 5.69 Å². The number of sulfonamides is 1. The second-order valence-electron chi connectivity index (χ2n) is 9.04. The van der Waals surface area contributed by atoms with Gasteiger partial charge in [0.1, 0.15) is 6.04 Å². The molecule has 0 aliphatic heterocycles. The Kier molecular flexibility index (Phi) is 12.2. The first-order chi connectivity index (χ1) is 17.5. The Hall–Kier alpha value is -2.29. The lowest BCUT2D eigenvalue weighted by Gasteiger charge is -2.31. The van der Waals surface area contributed by atoms with Crippen molar-refractivity contribution in [2.75, 3.05) is 23.7 Å². The fourth-order valence-corrected chi connectivity index (χ4v) is 5.37. The molecule has 0 saturated carbocycles. The molecule has 1 atom stereocenters. The van der Waals surface area contributed by atoms with E-state index in [1.165, 1.54) is 4.31 Å². The predicted molar refractivity (Wildman–Crippen MR) is 152 cm³/mol. The topological polar surface area (TPSA) is 86.8 Å². The van der Waals surface area contributed by atoms with Crippen molar-refractivity contribution in [3.8, 4) is 0 Å². The minimum absolute atomic E-state index is 0.0813. The van der Waals surface area contributed by atoms with Gasteiger partial charge >= 0.3 is 0 Å². The molecule has 2 aromatic rings. The summed E-state index contributed by atoms with van der Waals surface area (Å²) in [5.41, 5.74) is 1.99. The summed E-state index contributed by atoms with van der Waals surface area (Å²) in [6, 6.07) is 11.6. The number of hydrogen-bond acceptors (Lipinski definition) is 4. The van der Waals surface area contributed by atoms with E-state index in [0.29, 0.717) is 34.3 Å². The third kappa shape index (κ3) is 9.20. The number of benzene rings is 2. The molecule has 2 amide bonds. The van der Waals surface area contributed by atoms with Crippen molar-refractivity contribution in [2.24, 2.45) is 0 Å². The van der Waals surface area contributed by atoms with E-state index in [1.807, 2.05) is 26.0 Å². The standard InChI is InChI=1S/C27H37Cl2N3O4S/c1-5-7-17-30-27(34)24(6-2)31(19-21-13-15-22(28)16-14-21)26(33)12-9-18-32(37(4,35)36)25-11-8-10-23(29)20(25)3/h8,10-11,13-16,24H,5-7,9,12,17-19H2,1-4H3,(H,30,34). The smallest absolute Gasteiger partial charge is 0.242 e. The van der Waals surface area contributed by atoms with Crippen LogP contribution in [-0.2, 0) is 26.2 Å². The molecule has 0 heterocycles. The third-order valence-corrected chi connectivity index (χ3v) is 7.98. The van der Waals surface area contributed by atoms with Gasteiger partial charge in [0.2, 0.25) is 21.8 Å². The lowest BCUT2D eigenvalue weighted by molar-refractivity contribution is -0.141. The van der Waals surface area contributed by atoms with Crippen LogP contribution >= 0.6 is 23.2 Å². The van der Waals surface area contributed by atoms with E-state index < -0.39 is 16.1 Å². The van der Waals surface area contributed by atoms with Gasteiger partial charge in [0.05, 0.1) is 11.9 Å². The number of halogens is 2. The summed E-state index contributed by atoms with van der Waals surface area (Å²) in [7, 11) is -3.60. The normalized spacial score (nSPS) is 12.2.